The SMILES string of the molecule is O=C(C1CNC1)N1CCn2cc(C(F)(F)F)nc2C1. The van der Waals surface area contributed by atoms with Crippen LogP contribution >= 0.6 is 0 Å². The molecule has 0 aliphatic carbocycles. The first kappa shape index (κ1) is 12.5. The lowest BCUT2D eigenvalue weighted by Gasteiger charge is -2.34. The maximum absolute atomic E-state index is 12.6. The lowest BCUT2D eigenvalue weighted by atomic mass is 10.0. The number of carbonyl (C=O) groups is 1. The molecule has 0 aromatic carbocycles. The molecule has 0 bridgehead atoms. The summed E-state index contributed by atoms with van der Waals surface area (Å²) in [5.74, 6) is 0.268. The third-order valence-corrected chi connectivity index (χ3v) is 3.54. The number of nitrogens with zero attached hydrogens (tertiary/aromatic N) is 3. The van der Waals surface area contributed by atoms with Gasteiger partial charge in [0.15, 0.2) is 5.69 Å². The highest BCUT2D eigenvalue weighted by Crippen LogP contribution is 2.29. The maximum atomic E-state index is 12.6. The highest BCUT2D eigenvalue weighted by molar-refractivity contribution is 5.80. The molecule has 0 unspecified atom stereocenters. The van der Waals surface area contributed by atoms with Gasteiger partial charge in [-0.2, -0.15) is 13.2 Å². The van der Waals surface area contributed by atoms with E-state index in [1.165, 1.54) is 4.57 Å². The highest BCUT2D eigenvalue weighted by Gasteiger charge is 2.37. The molecule has 0 atom stereocenters. The highest BCUT2D eigenvalue weighted by atomic mass is 19.4. The Morgan fingerprint density at radius 3 is 2.68 bits per heavy atom. The minimum absolute atomic E-state index is 0.00144. The number of carbonyl (C=O) groups excluding carboxylic acids is 1. The number of hydrogen-bond acceptors (Lipinski definition) is 3. The molecule has 1 saturated heterocycles. The van der Waals surface area contributed by atoms with Gasteiger partial charge in [0.25, 0.3) is 0 Å². The van der Waals surface area contributed by atoms with Crippen LogP contribution in [-0.4, -0.2) is 40.0 Å². The number of halogens is 3. The summed E-state index contributed by atoms with van der Waals surface area (Å²) in [5.41, 5.74) is -0.887. The molecular weight excluding hydrogens is 261 g/mol. The Labute approximate surface area is 107 Å². The average Bonchev–Trinajstić information content (AvgIpc) is 2.68. The molecule has 5 nitrogen and oxygen atoms in total. The Morgan fingerprint density at radius 2 is 2.11 bits per heavy atom. The molecule has 1 N–H and O–H groups in total. The Hall–Kier alpha value is -1.57. The van der Waals surface area contributed by atoms with Crippen LogP contribution < -0.4 is 5.32 Å². The lowest BCUT2D eigenvalue weighted by Crippen LogP contribution is -2.53. The van der Waals surface area contributed by atoms with Crippen molar-refractivity contribution < 1.29 is 18.0 Å². The van der Waals surface area contributed by atoms with Crippen molar-refractivity contribution in [1.29, 1.82) is 0 Å². The molecule has 3 rings (SSSR count). The van der Waals surface area contributed by atoms with Crippen LogP contribution in [-0.2, 0) is 24.1 Å². The molecule has 1 amide bonds. The number of nitrogens with one attached hydrogen (secondary N) is 1. The zero-order valence-corrected chi connectivity index (χ0v) is 10.1. The summed E-state index contributed by atoms with van der Waals surface area (Å²) < 4.78 is 39.1. The van der Waals surface area contributed by atoms with Crippen molar-refractivity contribution in [2.45, 2.75) is 19.3 Å². The van der Waals surface area contributed by atoms with Crippen molar-refractivity contribution >= 4 is 5.91 Å². The van der Waals surface area contributed by atoms with Crippen molar-refractivity contribution in [3.8, 4) is 0 Å². The van der Waals surface area contributed by atoms with Crippen LogP contribution in [0.15, 0.2) is 6.20 Å². The first-order chi connectivity index (χ1) is 8.95. The van der Waals surface area contributed by atoms with Crippen LogP contribution in [0.25, 0.3) is 0 Å². The number of fused-ring (bicyclic) bond motifs is 1. The average molecular weight is 274 g/mol. The van der Waals surface area contributed by atoms with Crippen LogP contribution in [0.4, 0.5) is 13.2 Å². The second-order valence-electron chi connectivity index (χ2n) is 4.85. The summed E-state index contributed by atoms with van der Waals surface area (Å²) in [5, 5.41) is 3.01. The maximum Gasteiger partial charge on any atom is 0.434 e. The van der Waals surface area contributed by atoms with Crippen LogP contribution in [0.3, 0.4) is 0 Å². The fraction of sp³-hybridized carbons (Fsp3) is 0.636. The fourth-order valence-electron chi connectivity index (χ4n) is 2.30. The Morgan fingerprint density at radius 1 is 1.37 bits per heavy atom. The van der Waals surface area contributed by atoms with E-state index in [9.17, 15) is 18.0 Å². The normalized spacial score (nSPS) is 20.1. The zero-order chi connectivity index (χ0) is 13.6. The first-order valence-electron chi connectivity index (χ1n) is 6.08. The number of alkyl halides is 3. The molecule has 0 spiro atoms. The Balaban J connectivity index is 1.76. The number of amides is 1. The molecule has 1 aromatic rings. The molecule has 1 fully saturated rings. The fourth-order valence-corrected chi connectivity index (χ4v) is 2.30. The lowest BCUT2D eigenvalue weighted by molar-refractivity contribution is -0.141. The van der Waals surface area contributed by atoms with E-state index in [0.717, 1.165) is 6.20 Å². The minimum atomic E-state index is -4.43. The molecule has 3 heterocycles. The van der Waals surface area contributed by atoms with Crippen molar-refractivity contribution in [3.05, 3.63) is 17.7 Å². The van der Waals surface area contributed by atoms with Crippen molar-refractivity contribution in [2.24, 2.45) is 5.92 Å². The van der Waals surface area contributed by atoms with Crippen LogP contribution in [0.2, 0.25) is 0 Å². The molecule has 2 aliphatic rings. The summed E-state index contributed by atoms with van der Waals surface area (Å²) in [4.78, 5) is 17.2. The van der Waals surface area contributed by atoms with Gasteiger partial charge in [0.2, 0.25) is 5.91 Å². The van der Waals surface area contributed by atoms with E-state index < -0.39 is 11.9 Å². The van der Waals surface area contributed by atoms with E-state index in [4.69, 9.17) is 0 Å². The van der Waals surface area contributed by atoms with Gasteiger partial charge in [-0.15, -0.1) is 0 Å². The monoisotopic (exact) mass is 274 g/mol. The largest absolute Gasteiger partial charge is 0.434 e. The van der Waals surface area contributed by atoms with Gasteiger partial charge < -0.3 is 14.8 Å². The van der Waals surface area contributed by atoms with Crippen LogP contribution in [0.1, 0.15) is 11.5 Å². The van der Waals surface area contributed by atoms with Gasteiger partial charge in [-0.3, -0.25) is 4.79 Å². The third kappa shape index (κ3) is 2.20. The molecule has 0 saturated carbocycles. The molecule has 0 radical (unpaired) electrons. The zero-order valence-electron chi connectivity index (χ0n) is 10.1. The first-order valence-corrected chi connectivity index (χ1v) is 6.08. The van der Waals surface area contributed by atoms with E-state index in [2.05, 4.69) is 10.3 Å². The summed E-state index contributed by atoms with van der Waals surface area (Å²) in [7, 11) is 0. The van der Waals surface area contributed by atoms with E-state index in [1.807, 2.05) is 0 Å². The van der Waals surface area contributed by atoms with Gasteiger partial charge in [-0.05, 0) is 0 Å². The minimum Gasteiger partial charge on any atom is -0.333 e. The van der Waals surface area contributed by atoms with Crippen molar-refractivity contribution in [2.75, 3.05) is 19.6 Å². The quantitative estimate of drug-likeness (QED) is 0.809. The smallest absolute Gasteiger partial charge is 0.333 e. The predicted octanol–water partition coefficient (Wildman–Crippen LogP) is 0.464. The summed E-state index contributed by atoms with van der Waals surface area (Å²) >= 11 is 0. The molecular formula is C11H13F3N4O. The van der Waals surface area contributed by atoms with Crippen molar-refractivity contribution in [1.82, 2.24) is 19.8 Å². The Bertz CT molecular complexity index is 507. The summed E-state index contributed by atoms with van der Waals surface area (Å²) in [6.07, 6.45) is -3.42. The number of imidazole rings is 1. The van der Waals surface area contributed by atoms with E-state index in [0.29, 0.717) is 32.0 Å². The van der Waals surface area contributed by atoms with E-state index in [1.54, 1.807) is 4.90 Å². The van der Waals surface area contributed by atoms with Gasteiger partial charge >= 0.3 is 6.18 Å². The summed E-state index contributed by atoms with van der Waals surface area (Å²) in [6.45, 7) is 2.26. The van der Waals surface area contributed by atoms with Crippen molar-refractivity contribution in [3.63, 3.8) is 0 Å². The number of hydrogen-bond donors (Lipinski definition) is 1. The second-order valence-corrected chi connectivity index (χ2v) is 4.85. The van der Waals surface area contributed by atoms with Crippen LogP contribution in [0, 0.1) is 5.92 Å². The third-order valence-electron chi connectivity index (χ3n) is 3.54. The number of rotatable bonds is 1. The van der Waals surface area contributed by atoms with Gasteiger partial charge in [0, 0.05) is 32.4 Å². The molecule has 104 valence electrons. The van der Waals surface area contributed by atoms with E-state index >= 15 is 0 Å². The topological polar surface area (TPSA) is 50.2 Å². The van der Waals surface area contributed by atoms with E-state index in [-0.39, 0.29) is 18.4 Å². The Kier molecular flexibility index (Phi) is 2.77. The van der Waals surface area contributed by atoms with Gasteiger partial charge in [-0.1, -0.05) is 0 Å². The molecule has 1 aromatic heterocycles. The number of aromatic nitrogens is 2. The standard InChI is InChI=1S/C11H13F3N4O/c12-11(13,14)8-5-17-1-2-18(6-9(17)16-8)10(19)7-3-15-4-7/h5,7,15H,1-4,6H2. The second kappa shape index (κ2) is 4.22. The predicted molar refractivity (Wildman–Crippen MR) is 59.0 cm³/mol. The van der Waals surface area contributed by atoms with Gasteiger partial charge in [-0.25, -0.2) is 4.98 Å². The van der Waals surface area contributed by atoms with Gasteiger partial charge in [0.05, 0.1) is 12.5 Å². The van der Waals surface area contributed by atoms with Crippen LogP contribution in [0.5, 0.6) is 0 Å². The summed E-state index contributed by atoms with van der Waals surface area (Å²) in [6, 6.07) is 0. The van der Waals surface area contributed by atoms with Gasteiger partial charge in [0.1, 0.15) is 5.82 Å². The molecule has 8 heteroatoms. The molecule has 2 aliphatic heterocycles. The molecule has 19 heavy (non-hydrogen) atoms.